The molecule has 1 unspecified atom stereocenters. The number of hydrogen-bond donors (Lipinski definition) is 1. The maximum Gasteiger partial charge on any atom is 0.111 e. The molecule has 0 saturated carbocycles. The predicted octanol–water partition coefficient (Wildman–Crippen LogP) is 3.36. The van der Waals surface area contributed by atoms with Gasteiger partial charge in [0, 0.05) is 18.0 Å². The van der Waals surface area contributed by atoms with Gasteiger partial charge in [-0.25, -0.2) is 0 Å². The molecule has 2 aliphatic rings. The first-order valence-electron chi connectivity index (χ1n) is 7.27. The molecule has 21 heavy (non-hydrogen) atoms. The normalized spacial score (nSPS) is 22.6. The van der Waals surface area contributed by atoms with Crippen LogP contribution < -0.4 is 5.32 Å². The van der Waals surface area contributed by atoms with E-state index in [0.29, 0.717) is 0 Å². The van der Waals surface area contributed by atoms with Gasteiger partial charge in [0.2, 0.25) is 0 Å². The van der Waals surface area contributed by atoms with Crippen molar-refractivity contribution < 1.29 is 4.74 Å². The van der Waals surface area contributed by atoms with Gasteiger partial charge in [0.15, 0.2) is 0 Å². The zero-order valence-electron chi connectivity index (χ0n) is 11.8. The van der Waals surface area contributed by atoms with Crippen LogP contribution in [0.1, 0.15) is 35.6 Å². The zero-order valence-corrected chi connectivity index (χ0v) is 13.5. The molecule has 2 aromatic rings. The van der Waals surface area contributed by atoms with Crippen LogP contribution in [0.2, 0.25) is 0 Å². The zero-order chi connectivity index (χ0) is 13.4. The van der Waals surface area contributed by atoms with Crippen molar-refractivity contribution in [1.82, 2.24) is 10.3 Å². The van der Waals surface area contributed by atoms with Crippen LogP contribution in [0.3, 0.4) is 0 Å². The number of halogens is 1. The highest BCUT2D eigenvalue weighted by Crippen LogP contribution is 2.50. The Bertz CT molecular complexity index is 611. The maximum absolute atomic E-state index is 6.57. The Balaban J connectivity index is 0.00000132. The standard InChI is InChI=1S/C17H18N2O.BrH/c1-2-6-15-14(5-1)16(13-4-3-9-19-12-13)20-17(15)7-10-18-11-8-17;/h1-6,9,12,16,18H,7-8,10-11H2;1H. The first kappa shape index (κ1) is 14.7. The van der Waals surface area contributed by atoms with E-state index in [1.165, 1.54) is 11.1 Å². The van der Waals surface area contributed by atoms with Crippen molar-refractivity contribution in [2.75, 3.05) is 13.1 Å². The third-order valence-electron chi connectivity index (χ3n) is 4.48. The van der Waals surface area contributed by atoms with E-state index in [1.807, 2.05) is 18.5 Å². The third kappa shape index (κ3) is 2.41. The minimum atomic E-state index is -0.109. The number of ether oxygens (including phenoxy) is 1. The van der Waals surface area contributed by atoms with E-state index in [-0.39, 0.29) is 28.7 Å². The summed E-state index contributed by atoms with van der Waals surface area (Å²) < 4.78 is 6.57. The van der Waals surface area contributed by atoms with Crippen LogP contribution in [-0.4, -0.2) is 18.1 Å². The summed E-state index contributed by atoms with van der Waals surface area (Å²) in [5, 5.41) is 3.43. The van der Waals surface area contributed by atoms with E-state index >= 15 is 0 Å². The Labute approximate surface area is 135 Å². The Hall–Kier alpha value is -1.23. The second kappa shape index (κ2) is 5.87. The molecule has 0 amide bonds. The molecule has 3 heterocycles. The number of nitrogens with one attached hydrogen (secondary N) is 1. The van der Waals surface area contributed by atoms with E-state index in [2.05, 4.69) is 40.6 Å². The smallest absolute Gasteiger partial charge is 0.111 e. The first-order chi connectivity index (χ1) is 9.89. The fraction of sp³-hybridized carbons (Fsp3) is 0.353. The van der Waals surface area contributed by atoms with Crippen LogP contribution in [0.25, 0.3) is 0 Å². The van der Waals surface area contributed by atoms with Crippen LogP contribution in [0.15, 0.2) is 48.8 Å². The van der Waals surface area contributed by atoms with E-state index in [1.54, 1.807) is 0 Å². The van der Waals surface area contributed by atoms with Gasteiger partial charge in [-0.1, -0.05) is 30.3 Å². The summed E-state index contributed by atoms with van der Waals surface area (Å²) in [6, 6.07) is 12.7. The van der Waals surface area contributed by atoms with Crippen molar-refractivity contribution in [2.45, 2.75) is 24.5 Å². The topological polar surface area (TPSA) is 34.1 Å². The summed E-state index contributed by atoms with van der Waals surface area (Å²) in [4.78, 5) is 4.24. The molecule has 1 aromatic heterocycles. The quantitative estimate of drug-likeness (QED) is 0.859. The summed E-state index contributed by atoms with van der Waals surface area (Å²) in [7, 11) is 0. The van der Waals surface area contributed by atoms with Gasteiger partial charge in [-0.05, 0) is 43.1 Å². The second-order valence-corrected chi connectivity index (χ2v) is 5.62. The number of aromatic nitrogens is 1. The molecule has 2 aliphatic heterocycles. The SMILES string of the molecule is Br.c1cncc(C2OC3(CCNCC3)c3ccccc32)c1. The highest BCUT2D eigenvalue weighted by molar-refractivity contribution is 8.93. The number of benzene rings is 1. The molecular formula is C17H19BrN2O. The minimum Gasteiger partial charge on any atom is -0.357 e. The second-order valence-electron chi connectivity index (χ2n) is 5.62. The van der Waals surface area contributed by atoms with Gasteiger partial charge in [-0.2, -0.15) is 0 Å². The summed E-state index contributed by atoms with van der Waals surface area (Å²) in [6.45, 7) is 2.04. The fourth-order valence-corrected chi connectivity index (χ4v) is 3.49. The van der Waals surface area contributed by atoms with Crippen LogP contribution in [0.4, 0.5) is 0 Å². The van der Waals surface area contributed by atoms with Gasteiger partial charge >= 0.3 is 0 Å². The van der Waals surface area contributed by atoms with E-state index in [9.17, 15) is 0 Å². The lowest BCUT2D eigenvalue weighted by Crippen LogP contribution is -2.39. The van der Waals surface area contributed by atoms with Crippen molar-refractivity contribution in [2.24, 2.45) is 0 Å². The average Bonchev–Trinajstić information content (AvgIpc) is 2.84. The molecule has 0 radical (unpaired) electrons. The molecular weight excluding hydrogens is 328 g/mol. The molecule has 110 valence electrons. The predicted molar refractivity (Wildman–Crippen MR) is 87.7 cm³/mol. The van der Waals surface area contributed by atoms with Gasteiger partial charge in [0.05, 0.1) is 5.60 Å². The number of nitrogens with zero attached hydrogens (tertiary/aromatic N) is 1. The molecule has 1 fully saturated rings. The highest BCUT2D eigenvalue weighted by Gasteiger charge is 2.45. The molecule has 1 atom stereocenters. The summed E-state index contributed by atoms with van der Waals surface area (Å²) >= 11 is 0. The van der Waals surface area contributed by atoms with Gasteiger partial charge in [0.25, 0.3) is 0 Å². The lowest BCUT2D eigenvalue weighted by atomic mass is 9.84. The number of rotatable bonds is 1. The molecule has 1 N–H and O–H groups in total. The first-order valence-corrected chi connectivity index (χ1v) is 7.27. The van der Waals surface area contributed by atoms with E-state index in [4.69, 9.17) is 4.74 Å². The summed E-state index contributed by atoms with van der Waals surface area (Å²) in [5.74, 6) is 0. The van der Waals surface area contributed by atoms with Crippen LogP contribution in [-0.2, 0) is 10.3 Å². The van der Waals surface area contributed by atoms with Crippen molar-refractivity contribution >= 4 is 17.0 Å². The van der Waals surface area contributed by atoms with Crippen LogP contribution in [0.5, 0.6) is 0 Å². The minimum absolute atomic E-state index is 0. The maximum atomic E-state index is 6.57. The average molecular weight is 347 g/mol. The largest absolute Gasteiger partial charge is 0.357 e. The molecule has 3 nitrogen and oxygen atoms in total. The Morgan fingerprint density at radius 2 is 1.90 bits per heavy atom. The highest BCUT2D eigenvalue weighted by atomic mass is 79.9. The summed E-state index contributed by atoms with van der Waals surface area (Å²) in [5.41, 5.74) is 3.72. The third-order valence-corrected chi connectivity index (χ3v) is 4.48. The Kier molecular flexibility index (Phi) is 4.11. The number of hydrogen-bond acceptors (Lipinski definition) is 3. The lowest BCUT2D eigenvalue weighted by Gasteiger charge is -2.34. The van der Waals surface area contributed by atoms with Crippen molar-refractivity contribution in [3.05, 3.63) is 65.5 Å². The molecule has 0 aliphatic carbocycles. The monoisotopic (exact) mass is 346 g/mol. The molecule has 1 aromatic carbocycles. The van der Waals surface area contributed by atoms with Gasteiger partial charge in [-0.15, -0.1) is 17.0 Å². The van der Waals surface area contributed by atoms with Crippen molar-refractivity contribution in [3.8, 4) is 0 Å². The number of fused-ring (bicyclic) bond motifs is 2. The van der Waals surface area contributed by atoms with Gasteiger partial charge < -0.3 is 10.1 Å². The summed E-state index contributed by atoms with van der Waals surface area (Å²) in [6.07, 6.45) is 5.84. The van der Waals surface area contributed by atoms with E-state index < -0.39 is 0 Å². The van der Waals surface area contributed by atoms with Crippen LogP contribution >= 0.6 is 17.0 Å². The van der Waals surface area contributed by atoms with Gasteiger partial charge in [-0.3, -0.25) is 4.98 Å². The van der Waals surface area contributed by atoms with Gasteiger partial charge in [0.1, 0.15) is 6.10 Å². The Morgan fingerprint density at radius 3 is 2.67 bits per heavy atom. The van der Waals surface area contributed by atoms with Crippen molar-refractivity contribution in [3.63, 3.8) is 0 Å². The molecule has 4 rings (SSSR count). The number of piperidine rings is 1. The van der Waals surface area contributed by atoms with E-state index in [0.717, 1.165) is 31.5 Å². The number of pyridine rings is 1. The lowest BCUT2D eigenvalue weighted by molar-refractivity contribution is -0.0799. The van der Waals surface area contributed by atoms with Crippen molar-refractivity contribution in [1.29, 1.82) is 0 Å². The molecule has 4 heteroatoms. The fourth-order valence-electron chi connectivity index (χ4n) is 3.49. The molecule has 1 saturated heterocycles. The molecule has 1 spiro atoms. The van der Waals surface area contributed by atoms with Crippen LogP contribution in [0, 0.1) is 0 Å². The Morgan fingerprint density at radius 1 is 1.10 bits per heavy atom. The molecule has 0 bridgehead atoms.